The number of aliphatic hydroxyl groups is 1. The minimum atomic E-state index is -0.816. The SMILES string of the molecule is CC/C=C\C/C=C\C/C=C\C/C=C\C/C=C\C/C=C\C/C=C\C/C=C\C/C=C\CCCC(=O)OC(CO)COC(=O)CCCCCCCCCCCCCCCCCCCCCC/C=C\C/C=C\C/C=C\C/C=C\C/C=C\C/C=C\CC. The van der Waals surface area contributed by atoms with E-state index in [0.717, 1.165) is 122 Å². The molecule has 0 aromatic heterocycles. The number of allylic oxidation sites excluding steroid dienone is 30. The summed E-state index contributed by atoms with van der Waals surface area (Å²) in [4.78, 5) is 24.6. The highest BCUT2D eigenvalue weighted by Gasteiger charge is 2.16. The highest BCUT2D eigenvalue weighted by molar-refractivity contribution is 5.70. The fraction of sp³-hybridized carbons (Fsp3) is 0.584. The largest absolute Gasteiger partial charge is 0.462 e. The van der Waals surface area contributed by atoms with E-state index in [1.807, 2.05) is 0 Å². The van der Waals surface area contributed by atoms with Crippen LogP contribution in [0.3, 0.4) is 0 Å². The van der Waals surface area contributed by atoms with E-state index in [9.17, 15) is 14.7 Å². The molecule has 0 amide bonds. The molecule has 0 fully saturated rings. The average Bonchev–Trinajstić information content (AvgIpc) is 3.49. The van der Waals surface area contributed by atoms with Gasteiger partial charge in [-0.2, -0.15) is 0 Å². The van der Waals surface area contributed by atoms with Crippen LogP contribution in [-0.2, 0) is 19.1 Å². The normalized spacial score (nSPS) is 13.5. The summed E-state index contributed by atoms with van der Waals surface area (Å²) in [5.74, 6) is -0.665. The first-order chi connectivity index (χ1) is 40.6. The molecular formula is C77H122O5. The van der Waals surface area contributed by atoms with Crippen LogP contribution in [0.2, 0.25) is 0 Å². The van der Waals surface area contributed by atoms with Gasteiger partial charge in [0.25, 0.3) is 0 Å². The van der Waals surface area contributed by atoms with Gasteiger partial charge < -0.3 is 14.6 Å². The van der Waals surface area contributed by atoms with E-state index >= 15 is 0 Å². The van der Waals surface area contributed by atoms with E-state index in [4.69, 9.17) is 9.47 Å². The predicted molar refractivity (Wildman–Crippen MR) is 361 cm³/mol. The molecule has 460 valence electrons. The van der Waals surface area contributed by atoms with Crippen molar-refractivity contribution in [3.8, 4) is 0 Å². The van der Waals surface area contributed by atoms with Gasteiger partial charge in [0, 0.05) is 12.8 Å². The summed E-state index contributed by atoms with van der Waals surface area (Å²) in [5, 5.41) is 9.68. The minimum absolute atomic E-state index is 0.0981. The second-order valence-corrected chi connectivity index (χ2v) is 21.4. The van der Waals surface area contributed by atoms with Crippen LogP contribution >= 0.6 is 0 Å². The Morgan fingerprint density at radius 3 is 0.768 bits per heavy atom. The van der Waals surface area contributed by atoms with Crippen molar-refractivity contribution in [1.29, 1.82) is 0 Å². The smallest absolute Gasteiger partial charge is 0.306 e. The van der Waals surface area contributed by atoms with Crippen molar-refractivity contribution in [2.24, 2.45) is 0 Å². The van der Waals surface area contributed by atoms with E-state index in [2.05, 4.69) is 196 Å². The van der Waals surface area contributed by atoms with Crippen LogP contribution in [0.4, 0.5) is 0 Å². The summed E-state index contributed by atoms with van der Waals surface area (Å²) in [7, 11) is 0. The third-order valence-corrected chi connectivity index (χ3v) is 13.7. The quantitative estimate of drug-likeness (QED) is 0.0373. The number of unbranched alkanes of at least 4 members (excludes halogenated alkanes) is 21. The van der Waals surface area contributed by atoms with Gasteiger partial charge in [-0.1, -0.05) is 312 Å². The molecule has 1 unspecified atom stereocenters. The van der Waals surface area contributed by atoms with Gasteiger partial charge in [-0.15, -0.1) is 0 Å². The molecule has 1 atom stereocenters. The summed E-state index contributed by atoms with van der Waals surface area (Å²) in [6, 6.07) is 0. The summed E-state index contributed by atoms with van der Waals surface area (Å²) in [5.41, 5.74) is 0. The lowest BCUT2D eigenvalue weighted by Gasteiger charge is -2.15. The topological polar surface area (TPSA) is 72.8 Å². The zero-order valence-electron chi connectivity index (χ0n) is 52.7. The minimum Gasteiger partial charge on any atom is -0.462 e. The first-order valence-electron chi connectivity index (χ1n) is 33.3. The van der Waals surface area contributed by atoms with Crippen molar-refractivity contribution in [3.05, 3.63) is 182 Å². The molecule has 0 aliphatic heterocycles. The molecule has 5 nitrogen and oxygen atoms in total. The number of hydrogen-bond acceptors (Lipinski definition) is 5. The van der Waals surface area contributed by atoms with Gasteiger partial charge in [0.2, 0.25) is 0 Å². The van der Waals surface area contributed by atoms with Crippen molar-refractivity contribution in [1.82, 2.24) is 0 Å². The van der Waals surface area contributed by atoms with Crippen molar-refractivity contribution in [3.63, 3.8) is 0 Å². The van der Waals surface area contributed by atoms with Crippen LogP contribution < -0.4 is 0 Å². The molecule has 0 bridgehead atoms. The Bertz CT molecular complexity index is 1850. The van der Waals surface area contributed by atoms with Crippen LogP contribution in [-0.4, -0.2) is 36.4 Å². The first kappa shape index (κ1) is 77.0. The Hall–Kier alpha value is -5.00. The molecule has 5 heteroatoms. The number of ether oxygens (including phenoxy) is 2. The van der Waals surface area contributed by atoms with Gasteiger partial charge in [-0.05, 0) is 128 Å². The van der Waals surface area contributed by atoms with Crippen molar-refractivity contribution in [2.75, 3.05) is 13.2 Å². The van der Waals surface area contributed by atoms with E-state index in [1.165, 1.54) is 116 Å². The van der Waals surface area contributed by atoms with Crippen LogP contribution in [0.5, 0.6) is 0 Å². The van der Waals surface area contributed by atoms with Gasteiger partial charge in [0.15, 0.2) is 6.10 Å². The zero-order valence-corrected chi connectivity index (χ0v) is 52.7. The second kappa shape index (κ2) is 70.3. The molecule has 0 aromatic rings. The van der Waals surface area contributed by atoms with Gasteiger partial charge in [0.1, 0.15) is 6.61 Å². The van der Waals surface area contributed by atoms with Crippen molar-refractivity contribution >= 4 is 11.9 Å². The molecular weight excluding hydrogens is 1000 g/mol. The number of esters is 2. The maximum absolute atomic E-state index is 12.3. The maximum Gasteiger partial charge on any atom is 0.306 e. The standard InChI is InChI=1S/C77H122O5/c1-3-5-7-9-11-13-15-17-19-21-23-25-27-29-31-33-34-35-36-37-38-39-40-41-42-44-45-47-49-51-53-55-57-59-61-63-65-67-69-71-76(79)81-74-75(73-78)82-77(80)72-70-68-66-64-62-60-58-56-54-52-50-48-46-43-32-30-28-26-24-22-20-18-16-14-12-10-8-6-4-2/h5-8,11-14,17-20,23-26,29-32,34-35,46,48,52,54,58,60,64,66,75,78H,3-4,9-10,15-16,21-22,27-28,33,36-45,47,49-51,53,55-57,59,61-63,65,67-74H2,1-2H3/b7-5-,8-6-,13-11-,14-12-,19-17-,20-18-,25-23-,26-24-,31-29-,32-30-,35-34-,48-46-,54-52-,60-58-,66-64-. The predicted octanol–water partition coefficient (Wildman–Crippen LogP) is 23.4. The van der Waals surface area contributed by atoms with Crippen LogP contribution in [0, 0.1) is 0 Å². The van der Waals surface area contributed by atoms with Gasteiger partial charge >= 0.3 is 11.9 Å². The van der Waals surface area contributed by atoms with Crippen LogP contribution in [0.25, 0.3) is 0 Å². The fourth-order valence-corrected chi connectivity index (χ4v) is 8.80. The summed E-state index contributed by atoms with van der Waals surface area (Å²) < 4.78 is 10.7. The molecule has 0 spiro atoms. The lowest BCUT2D eigenvalue weighted by Crippen LogP contribution is -2.28. The summed E-state index contributed by atoms with van der Waals surface area (Å²) in [6.45, 7) is 3.87. The van der Waals surface area contributed by atoms with E-state index < -0.39 is 6.10 Å². The summed E-state index contributed by atoms with van der Waals surface area (Å²) in [6.07, 6.45) is 111. The lowest BCUT2D eigenvalue weighted by molar-refractivity contribution is -0.161. The molecule has 0 rings (SSSR count). The Balaban J connectivity index is 3.57. The highest BCUT2D eigenvalue weighted by Crippen LogP contribution is 2.16. The van der Waals surface area contributed by atoms with Crippen molar-refractivity contribution < 1.29 is 24.2 Å². The Labute approximate surface area is 505 Å². The molecule has 0 saturated carbocycles. The molecule has 0 aliphatic rings. The number of carbonyl (C=O) groups excluding carboxylic acids is 2. The molecule has 82 heavy (non-hydrogen) atoms. The summed E-state index contributed by atoms with van der Waals surface area (Å²) >= 11 is 0. The van der Waals surface area contributed by atoms with Gasteiger partial charge in [0.05, 0.1) is 6.61 Å². The number of rotatable bonds is 59. The lowest BCUT2D eigenvalue weighted by atomic mass is 10.0. The molecule has 0 heterocycles. The molecule has 0 aromatic carbocycles. The Morgan fingerprint density at radius 2 is 0.500 bits per heavy atom. The maximum atomic E-state index is 12.3. The van der Waals surface area contributed by atoms with Gasteiger partial charge in [-0.25, -0.2) is 0 Å². The Morgan fingerprint density at radius 1 is 0.280 bits per heavy atom. The van der Waals surface area contributed by atoms with Crippen LogP contribution in [0.15, 0.2) is 182 Å². The third-order valence-electron chi connectivity index (χ3n) is 13.7. The van der Waals surface area contributed by atoms with E-state index in [-0.39, 0.29) is 31.6 Å². The zero-order chi connectivity index (χ0) is 59.1. The second-order valence-electron chi connectivity index (χ2n) is 21.4. The van der Waals surface area contributed by atoms with Gasteiger partial charge in [-0.3, -0.25) is 9.59 Å². The highest BCUT2D eigenvalue weighted by atomic mass is 16.6. The number of carbonyl (C=O) groups is 2. The monoisotopic (exact) mass is 1130 g/mol. The van der Waals surface area contributed by atoms with E-state index in [0.29, 0.717) is 12.8 Å². The average molecular weight is 1130 g/mol. The van der Waals surface area contributed by atoms with Crippen molar-refractivity contribution in [2.45, 2.75) is 277 Å². The molecule has 1 N–H and O–H groups in total. The van der Waals surface area contributed by atoms with E-state index in [1.54, 1.807) is 0 Å². The first-order valence-corrected chi connectivity index (χ1v) is 33.3. The molecule has 0 aliphatic carbocycles. The number of hydrogen-bond donors (Lipinski definition) is 1. The molecule has 0 radical (unpaired) electrons. The number of aliphatic hydroxyl groups excluding tert-OH is 1. The Kier molecular flexibility index (Phi) is 66.0. The fourth-order valence-electron chi connectivity index (χ4n) is 8.80. The van der Waals surface area contributed by atoms with Crippen LogP contribution in [0.1, 0.15) is 271 Å². The molecule has 0 saturated heterocycles. The third kappa shape index (κ3) is 67.5.